The zero-order valence-corrected chi connectivity index (χ0v) is 9.04. The summed E-state index contributed by atoms with van der Waals surface area (Å²) in [5.41, 5.74) is -0.695. The first kappa shape index (κ1) is 10.6. The lowest BCUT2D eigenvalue weighted by atomic mass is 10.1. The third kappa shape index (κ3) is 1.63. The van der Waals surface area contributed by atoms with Gasteiger partial charge in [-0.3, -0.25) is 0 Å². The highest BCUT2D eigenvalue weighted by Gasteiger charge is 2.19. The van der Waals surface area contributed by atoms with Crippen molar-refractivity contribution in [3.05, 3.63) is 28.3 Å². The molecule has 2 aromatic rings. The molecule has 0 saturated heterocycles. The van der Waals surface area contributed by atoms with Crippen molar-refractivity contribution < 1.29 is 19.8 Å². The molecule has 0 spiro atoms. The van der Waals surface area contributed by atoms with Gasteiger partial charge in [0.25, 0.3) is 0 Å². The fourth-order valence-corrected chi connectivity index (χ4v) is 2.29. The average Bonchev–Trinajstić information content (AvgIpc) is 2.54. The zero-order valence-electron chi connectivity index (χ0n) is 8.22. The summed E-state index contributed by atoms with van der Waals surface area (Å²) in [6, 6.07) is 3.13. The predicted molar refractivity (Wildman–Crippen MR) is 58.3 cm³/mol. The van der Waals surface area contributed by atoms with E-state index in [1.807, 2.05) is 6.92 Å². The average molecular weight is 237 g/mol. The predicted octanol–water partition coefficient (Wildman–Crippen LogP) is 2.00. The second-order valence-corrected chi connectivity index (χ2v) is 4.48. The molecule has 2 heterocycles. The van der Waals surface area contributed by atoms with Gasteiger partial charge in [0.05, 0.1) is 5.56 Å². The van der Waals surface area contributed by atoms with Gasteiger partial charge in [0.1, 0.15) is 4.83 Å². The Morgan fingerprint density at radius 1 is 1.25 bits per heavy atom. The monoisotopic (exact) mass is 237 g/mol. The molecule has 2 rings (SSSR count). The molecule has 0 unspecified atom stereocenters. The van der Waals surface area contributed by atoms with Gasteiger partial charge in [0.2, 0.25) is 0 Å². The highest BCUT2D eigenvalue weighted by Crippen LogP contribution is 2.25. The fourth-order valence-electron chi connectivity index (χ4n) is 1.42. The summed E-state index contributed by atoms with van der Waals surface area (Å²) in [5, 5.41) is 18.4. The lowest BCUT2D eigenvalue weighted by Gasteiger charge is -2.00. The Labute approximate surface area is 94.0 Å². The Hall–Kier alpha value is -1.95. The Bertz CT molecular complexity index is 551. The van der Waals surface area contributed by atoms with Crippen molar-refractivity contribution in [2.75, 3.05) is 0 Å². The van der Waals surface area contributed by atoms with Crippen molar-refractivity contribution in [1.29, 1.82) is 0 Å². The Morgan fingerprint density at radius 3 is 2.50 bits per heavy atom. The molecular formula is C10H7NO4S. The molecule has 0 aromatic carbocycles. The fraction of sp³-hybridized carbons (Fsp3) is 0.100. The van der Waals surface area contributed by atoms with Gasteiger partial charge < -0.3 is 10.2 Å². The Kier molecular flexibility index (Phi) is 2.35. The van der Waals surface area contributed by atoms with Crippen LogP contribution in [0.1, 0.15) is 25.7 Å². The smallest absolute Gasteiger partial charge is 0.355 e. The van der Waals surface area contributed by atoms with Crippen LogP contribution in [0.25, 0.3) is 10.2 Å². The number of hydrogen-bond donors (Lipinski definition) is 2. The summed E-state index contributed by atoms with van der Waals surface area (Å²) in [5.74, 6) is -2.61. The van der Waals surface area contributed by atoms with Crippen LogP contribution < -0.4 is 0 Å². The van der Waals surface area contributed by atoms with Crippen LogP contribution in [0.2, 0.25) is 0 Å². The number of carbonyl (C=O) groups is 2. The quantitative estimate of drug-likeness (QED) is 0.834. The number of carboxylic acids is 2. The molecular weight excluding hydrogens is 230 g/mol. The van der Waals surface area contributed by atoms with E-state index < -0.39 is 17.6 Å². The normalized spacial score (nSPS) is 10.6. The summed E-state index contributed by atoms with van der Waals surface area (Å²) in [7, 11) is 0. The standard InChI is InChI=1S/C10H7NO4S/c1-4-2-5-3-6(9(12)13)7(10(14)15)11-8(5)16-4/h2-3H,1H3,(H,12,13)(H,14,15). The summed E-state index contributed by atoms with van der Waals surface area (Å²) in [6.45, 7) is 1.85. The first-order valence-electron chi connectivity index (χ1n) is 4.37. The maximum atomic E-state index is 10.9. The minimum atomic E-state index is -1.33. The number of pyridine rings is 1. The van der Waals surface area contributed by atoms with Crippen molar-refractivity contribution in [3.63, 3.8) is 0 Å². The van der Waals surface area contributed by atoms with E-state index in [0.717, 1.165) is 4.88 Å². The first-order valence-corrected chi connectivity index (χ1v) is 5.18. The van der Waals surface area contributed by atoms with Gasteiger partial charge in [-0.15, -0.1) is 11.3 Å². The number of hydrogen-bond acceptors (Lipinski definition) is 4. The van der Waals surface area contributed by atoms with Gasteiger partial charge in [-0.25, -0.2) is 14.6 Å². The largest absolute Gasteiger partial charge is 0.478 e. The molecule has 0 aliphatic carbocycles. The summed E-state index contributed by atoms with van der Waals surface area (Å²) < 4.78 is 0. The molecule has 0 fully saturated rings. The van der Waals surface area contributed by atoms with E-state index >= 15 is 0 Å². The molecule has 16 heavy (non-hydrogen) atoms. The Morgan fingerprint density at radius 2 is 1.94 bits per heavy atom. The molecule has 5 nitrogen and oxygen atoms in total. The van der Waals surface area contributed by atoms with Crippen molar-refractivity contribution in [1.82, 2.24) is 4.98 Å². The second-order valence-electron chi connectivity index (χ2n) is 3.25. The lowest BCUT2D eigenvalue weighted by Crippen LogP contribution is -2.10. The molecule has 0 bridgehead atoms. The van der Waals surface area contributed by atoms with Crippen molar-refractivity contribution in [2.24, 2.45) is 0 Å². The topological polar surface area (TPSA) is 87.5 Å². The van der Waals surface area contributed by atoms with Gasteiger partial charge in [-0.05, 0) is 19.1 Å². The number of aromatic nitrogens is 1. The van der Waals surface area contributed by atoms with Crippen LogP contribution in [0.4, 0.5) is 0 Å². The van der Waals surface area contributed by atoms with E-state index in [-0.39, 0.29) is 5.56 Å². The van der Waals surface area contributed by atoms with Crippen molar-refractivity contribution >= 4 is 33.5 Å². The minimum Gasteiger partial charge on any atom is -0.478 e. The number of nitrogens with zero attached hydrogens (tertiary/aromatic N) is 1. The van der Waals surface area contributed by atoms with Crippen LogP contribution >= 0.6 is 11.3 Å². The maximum absolute atomic E-state index is 10.9. The number of aromatic carboxylic acids is 2. The second kappa shape index (κ2) is 3.57. The molecule has 0 aliphatic heterocycles. The van der Waals surface area contributed by atoms with Crippen molar-refractivity contribution in [3.8, 4) is 0 Å². The van der Waals surface area contributed by atoms with Crippen LogP contribution in [0.3, 0.4) is 0 Å². The molecule has 6 heteroatoms. The first-order chi connectivity index (χ1) is 7.49. The van der Waals surface area contributed by atoms with Gasteiger partial charge in [-0.1, -0.05) is 0 Å². The minimum absolute atomic E-state index is 0.280. The van der Waals surface area contributed by atoms with E-state index in [2.05, 4.69) is 4.98 Å². The number of thiophene rings is 1. The molecule has 82 valence electrons. The lowest BCUT2D eigenvalue weighted by molar-refractivity contribution is 0.0647. The van der Waals surface area contributed by atoms with Crippen LogP contribution in [-0.2, 0) is 0 Å². The number of rotatable bonds is 2. The number of aryl methyl sites for hydroxylation is 1. The van der Waals surface area contributed by atoms with E-state index in [1.54, 1.807) is 6.07 Å². The number of carboxylic acid groups (broad SMARTS) is 2. The van der Waals surface area contributed by atoms with Crippen LogP contribution in [0.5, 0.6) is 0 Å². The molecule has 0 saturated carbocycles. The Balaban J connectivity index is 2.80. The molecule has 0 amide bonds. The van der Waals surface area contributed by atoms with Crippen LogP contribution in [0, 0.1) is 6.92 Å². The van der Waals surface area contributed by atoms with Crippen LogP contribution in [0.15, 0.2) is 12.1 Å². The third-order valence-corrected chi connectivity index (χ3v) is 3.02. The molecule has 2 aromatic heterocycles. The zero-order chi connectivity index (χ0) is 11.9. The highest BCUT2D eigenvalue weighted by molar-refractivity contribution is 7.18. The molecule has 0 atom stereocenters. The highest BCUT2D eigenvalue weighted by atomic mass is 32.1. The summed E-state index contributed by atoms with van der Waals surface area (Å²) in [4.78, 5) is 27.1. The van der Waals surface area contributed by atoms with E-state index in [4.69, 9.17) is 10.2 Å². The van der Waals surface area contributed by atoms with Crippen molar-refractivity contribution in [2.45, 2.75) is 6.92 Å². The third-order valence-electron chi connectivity index (χ3n) is 2.06. The number of fused-ring (bicyclic) bond motifs is 1. The van der Waals surface area contributed by atoms with Gasteiger partial charge >= 0.3 is 11.9 Å². The van der Waals surface area contributed by atoms with E-state index in [0.29, 0.717) is 10.2 Å². The van der Waals surface area contributed by atoms with E-state index in [9.17, 15) is 9.59 Å². The molecule has 0 aliphatic rings. The van der Waals surface area contributed by atoms with Gasteiger partial charge in [-0.2, -0.15) is 0 Å². The SMILES string of the molecule is Cc1cc2cc(C(=O)O)c(C(=O)O)nc2s1. The molecule has 0 radical (unpaired) electrons. The van der Waals surface area contributed by atoms with E-state index in [1.165, 1.54) is 17.4 Å². The molecule has 2 N–H and O–H groups in total. The van der Waals surface area contributed by atoms with Gasteiger partial charge in [0, 0.05) is 10.3 Å². The summed E-state index contributed by atoms with van der Waals surface area (Å²) in [6.07, 6.45) is 0. The maximum Gasteiger partial charge on any atom is 0.355 e. The van der Waals surface area contributed by atoms with Gasteiger partial charge in [0.15, 0.2) is 5.69 Å². The summed E-state index contributed by atoms with van der Waals surface area (Å²) >= 11 is 1.34. The van der Waals surface area contributed by atoms with Crippen LogP contribution in [-0.4, -0.2) is 27.1 Å².